The highest BCUT2D eigenvalue weighted by atomic mass is 32.1. The van der Waals surface area contributed by atoms with Crippen molar-refractivity contribution in [2.24, 2.45) is 7.05 Å². The maximum atomic E-state index is 10.6. The molecule has 2 aromatic heterocycles. The van der Waals surface area contributed by atoms with Gasteiger partial charge in [-0.25, -0.2) is 14.8 Å². The number of methoxy groups -OCH3 is 1. The average molecular weight is 438 g/mol. The number of halogens is 3. The van der Waals surface area contributed by atoms with E-state index < -0.39 is 12.1 Å². The Morgan fingerprint density at radius 1 is 1.20 bits per heavy atom. The number of fused-ring (bicyclic) bond motifs is 2. The maximum Gasteiger partial charge on any atom is 0.490 e. The summed E-state index contributed by atoms with van der Waals surface area (Å²) in [5, 5.41) is 11.4. The minimum atomic E-state index is -5.08. The Bertz CT molecular complexity index is 1190. The van der Waals surface area contributed by atoms with E-state index in [1.54, 1.807) is 18.4 Å². The molecule has 0 atom stereocenters. The molecule has 0 fully saturated rings. The zero-order valence-corrected chi connectivity index (χ0v) is 16.7. The largest absolute Gasteiger partial charge is 0.497 e. The number of aryl methyl sites for hydroxylation is 1. The number of rotatable bonds is 4. The zero-order valence-electron chi connectivity index (χ0n) is 15.9. The van der Waals surface area contributed by atoms with Gasteiger partial charge in [-0.15, -0.1) is 0 Å². The molecule has 0 saturated heterocycles. The second-order valence-electron chi connectivity index (χ2n) is 6.08. The van der Waals surface area contributed by atoms with Gasteiger partial charge in [-0.05, 0) is 30.3 Å². The predicted molar refractivity (Wildman–Crippen MR) is 108 cm³/mol. The number of carboxylic acids is 1. The summed E-state index contributed by atoms with van der Waals surface area (Å²) in [7, 11) is 3.71. The van der Waals surface area contributed by atoms with Gasteiger partial charge in [0.25, 0.3) is 0 Å². The Hall–Kier alpha value is -3.34. The van der Waals surface area contributed by atoms with Crippen molar-refractivity contribution < 1.29 is 27.8 Å². The third-order valence-corrected chi connectivity index (χ3v) is 5.09. The molecule has 0 radical (unpaired) electrons. The quantitative estimate of drug-likeness (QED) is 0.490. The fourth-order valence-corrected chi connectivity index (χ4v) is 3.51. The number of hydrogen-bond donors (Lipinski definition) is 2. The van der Waals surface area contributed by atoms with Crippen LogP contribution in [0.1, 0.15) is 5.82 Å². The minimum absolute atomic E-state index is 0.641. The third-order valence-electron chi connectivity index (χ3n) is 4.12. The number of hydrogen-bond acceptors (Lipinski definition) is 6. The Morgan fingerprint density at radius 3 is 2.53 bits per heavy atom. The first kappa shape index (κ1) is 21.4. The molecule has 2 heterocycles. The van der Waals surface area contributed by atoms with E-state index in [9.17, 15) is 13.2 Å². The summed E-state index contributed by atoms with van der Waals surface area (Å²) < 4.78 is 40.2. The molecular weight excluding hydrogens is 421 g/mol. The molecule has 0 spiro atoms. The highest BCUT2D eigenvalue weighted by molar-refractivity contribution is 7.22. The molecule has 0 aliphatic rings. The topological polar surface area (TPSA) is 89.3 Å². The van der Waals surface area contributed by atoms with Crippen molar-refractivity contribution in [3.63, 3.8) is 0 Å². The van der Waals surface area contributed by atoms with E-state index in [1.165, 1.54) is 0 Å². The molecule has 0 bridgehead atoms. The fraction of sp³-hybridized carbons (Fsp3) is 0.211. The SMILES string of the molecule is COc1ccc2nc(NCc3nc4ccccc4n3C)sc2c1.O=C(O)C(F)(F)F. The molecule has 0 amide bonds. The lowest BCUT2D eigenvalue weighted by Gasteiger charge is -2.03. The minimum Gasteiger partial charge on any atom is -0.497 e. The summed E-state index contributed by atoms with van der Waals surface area (Å²) in [5.41, 5.74) is 3.13. The van der Waals surface area contributed by atoms with Crippen LogP contribution < -0.4 is 10.1 Å². The highest BCUT2D eigenvalue weighted by Crippen LogP contribution is 2.29. The molecule has 0 unspecified atom stereocenters. The Balaban J connectivity index is 0.000000318. The number of imidazole rings is 1. The number of benzene rings is 2. The standard InChI is InChI=1S/C17H16N4OS.C2HF3O2/c1-21-14-6-4-3-5-12(14)19-16(21)10-18-17-20-13-8-7-11(22-2)9-15(13)23-17;3-2(4,5)1(6)7/h3-9H,10H2,1-2H3,(H,18,20);(H,6,7). The van der Waals surface area contributed by atoms with Crippen molar-refractivity contribution in [2.75, 3.05) is 12.4 Å². The number of aromatic nitrogens is 3. The Kier molecular flexibility index (Phi) is 6.11. The highest BCUT2D eigenvalue weighted by Gasteiger charge is 2.38. The lowest BCUT2D eigenvalue weighted by atomic mass is 10.3. The van der Waals surface area contributed by atoms with Crippen LogP contribution in [0.4, 0.5) is 18.3 Å². The second-order valence-corrected chi connectivity index (χ2v) is 7.12. The van der Waals surface area contributed by atoms with Crippen LogP contribution in [0.25, 0.3) is 21.3 Å². The van der Waals surface area contributed by atoms with E-state index in [1.807, 2.05) is 43.4 Å². The van der Waals surface area contributed by atoms with E-state index in [2.05, 4.69) is 25.9 Å². The lowest BCUT2D eigenvalue weighted by molar-refractivity contribution is -0.192. The van der Waals surface area contributed by atoms with Crippen LogP contribution in [-0.4, -0.2) is 38.9 Å². The number of aliphatic carboxylic acids is 1. The van der Waals surface area contributed by atoms with Gasteiger partial charge in [0.05, 0.1) is 34.9 Å². The van der Waals surface area contributed by atoms with Gasteiger partial charge in [-0.2, -0.15) is 13.2 Å². The normalized spacial score (nSPS) is 11.2. The van der Waals surface area contributed by atoms with Gasteiger partial charge >= 0.3 is 12.1 Å². The molecule has 0 saturated carbocycles. The summed E-state index contributed by atoms with van der Waals surface area (Å²) in [5.74, 6) is -0.918. The number of carboxylic acid groups (broad SMARTS) is 1. The summed E-state index contributed by atoms with van der Waals surface area (Å²) >= 11 is 1.62. The average Bonchev–Trinajstić information content (AvgIpc) is 3.26. The zero-order chi connectivity index (χ0) is 21.9. The van der Waals surface area contributed by atoms with Crippen molar-refractivity contribution in [3.8, 4) is 5.75 Å². The van der Waals surface area contributed by atoms with Crippen LogP contribution in [0.2, 0.25) is 0 Å². The number of alkyl halides is 3. The summed E-state index contributed by atoms with van der Waals surface area (Å²) in [6.07, 6.45) is -5.08. The van der Waals surface area contributed by atoms with Gasteiger partial charge in [0.2, 0.25) is 0 Å². The monoisotopic (exact) mass is 438 g/mol. The number of anilines is 1. The lowest BCUT2D eigenvalue weighted by Crippen LogP contribution is -2.21. The molecule has 11 heteroatoms. The van der Waals surface area contributed by atoms with Crippen LogP contribution in [0, 0.1) is 0 Å². The molecule has 2 N–H and O–H groups in total. The van der Waals surface area contributed by atoms with Gasteiger partial charge in [0.1, 0.15) is 11.6 Å². The first-order valence-corrected chi connectivity index (χ1v) is 9.39. The van der Waals surface area contributed by atoms with Gasteiger partial charge in [-0.3, -0.25) is 0 Å². The van der Waals surface area contributed by atoms with Crippen molar-refractivity contribution in [1.29, 1.82) is 0 Å². The van der Waals surface area contributed by atoms with E-state index in [4.69, 9.17) is 14.6 Å². The van der Waals surface area contributed by atoms with E-state index in [0.717, 1.165) is 38.0 Å². The maximum absolute atomic E-state index is 10.6. The molecule has 158 valence electrons. The number of ether oxygens (including phenoxy) is 1. The molecule has 7 nitrogen and oxygen atoms in total. The van der Waals surface area contributed by atoms with Gasteiger partial charge in [0.15, 0.2) is 5.13 Å². The summed E-state index contributed by atoms with van der Waals surface area (Å²) in [4.78, 5) is 18.2. The first-order chi connectivity index (χ1) is 14.2. The van der Waals surface area contributed by atoms with E-state index in [0.29, 0.717) is 6.54 Å². The molecular formula is C19H17F3N4O3S. The number of para-hydroxylation sites is 2. The van der Waals surface area contributed by atoms with Crippen LogP contribution in [0.15, 0.2) is 42.5 Å². The van der Waals surface area contributed by atoms with Gasteiger partial charge in [-0.1, -0.05) is 23.5 Å². The Labute approximate surface area is 172 Å². The van der Waals surface area contributed by atoms with Crippen molar-refractivity contribution >= 4 is 43.7 Å². The third kappa shape index (κ3) is 4.79. The molecule has 4 aromatic rings. The van der Waals surface area contributed by atoms with E-state index >= 15 is 0 Å². The van der Waals surface area contributed by atoms with E-state index in [-0.39, 0.29) is 0 Å². The smallest absolute Gasteiger partial charge is 0.490 e. The number of nitrogens with zero attached hydrogens (tertiary/aromatic N) is 3. The van der Waals surface area contributed by atoms with Gasteiger partial charge in [0, 0.05) is 7.05 Å². The summed E-state index contributed by atoms with van der Waals surface area (Å²) in [6.45, 7) is 0.641. The second kappa shape index (κ2) is 8.57. The molecule has 0 aliphatic heterocycles. The molecule has 0 aliphatic carbocycles. The van der Waals surface area contributed by atoms with Crippen LogP contribution in [0.3, 0.4) is 0 Å². The van der Waals surface area contributed by atoms with Crippen molar-refractivity contribution in [1.82, 2.24) is 14.5 Å². The number of nitrogens with one attached hydrogen (secondary N) is 1. The molecule has 4 rings (SSSR count). The molecule has 30 heavy (non-hydrogen) atoms. The van der Waals surface area contributed by atoms with Crippen LogP contribution >= 0.6 is 11.3 Å². The van der Waals surface area contributed by atoms with Crippen LogP contribution in [0.5, 0.6) is 5.75 Å². The van der Waals surface area contributed by atoms with Crippen molar-refractivity contribution in [2.45, 2.75) is 12.7 Å². The summed E-state index contributed by atoms with van der Waals surface area (Å²) in [6, 6.07) is 14.1. The fourth-order valence-electron chi connectivity index (χ4n) is 2.62. The predicted octanol–water partition coefficient (Wildman–Crippen LogP) is 4.44. The number of carbonyl (C=O) groups is 1. The number of thiazole rings is 1. The van der Waals surface area contributed by atoms with Crippen LogP contribution in [-0.2, 0) is 18.4 Å². The van der Waals surface area contributed by atoms with Crippen molar-refractivity contribution in [3.05, 3.63) is 48.3 Å². The van der Waals surface area contributed by atoms with Gasteiger partial charge < -0.3 is 19.7 Å². The Morgan fingerprint density at radius 2 is 1.90 bits per heavy atom. The first-order valence-electron chi connectivity index (χ1n) is 8.58. The molecule has 2 aromatic carbocycles.